The Morgan fingerprint density at radius 1 is 1.19 bits per heavy atom. The molecule has 7 heteroatoms. The first-order valence-electron chi connectivity index (χ1n) is 8.11. The van der Waals surface area contributed by atoms with Gasteiger partial charge in [0.25, 0.3) is 0 Å². The van der Waals surface area contributed by atoms with E-state index in [1.54, 1.807) is 19.2 Å². The highest BCUT2D eigenvalue weighted by Crippen LogP contribution is 2.26. The second kappa shape index (κ2) is 8.38. The van der Waals surface area contributed by atoms with E-state index in [0.29, 0.717) is 28.0 Å². The third-order valence-electron chi connectivity index (χ3n) is 3.86. The fourth-order valence-corrected chi connectivity index (χ4v) is 3.53. The zero-order chi connectivity index (χ0) is 18.5. The standard InChI is InChI=1S/C19H18ClN3O2S/c1-3-23-18(13-7-9-15(20)10-8-13)21-22-19(23)26-12-17(24)14-5-4-6-16(11-14)25-2/h4-11H,3,12H2,1-2H3. The van der Waals surface area contributed by atoms with E-state index in [-0.39, 0.29) is 11.5 Å². The lowest BCUT2D eigenvalue weighted by molar-refractivity contribution is 0.102. The summed E-state index contributed by atoms with van der Waals surface area (Å²) in [5.41, 5.74) is 1.56. The molecule has 3 rings (SSSR count). The van der Waals surface area contributed by atoms with Crippen molar-refractivity contribution in [1.82, 2.24) is 14.8 Å². The number of hydrogen-bond acceptors (Lipinski definition) is 5. The Hall–Kier alpha value is -2.31. The number of benzene rings is 2. The highest BCUT2D eigenvalue weighted by molar-refractivity contribution is 7.99. The number of Topliss-reactive ketones (excluding diaryl/α,β-unsaturated/α-hetero) is 1. The molecule has 2 aromatic carbocycles. The number of methoxy groups -OCH3 is 1. The molecular formula is C19H18ClN3O2S. The van der Waals surface area contributed by atoms with E-state index in [2.05, 4.69) is 10.2 Å². The molecule has 0 saturated heterocycles. The Labute approximate surface area is 161 Å². The topological polar surface area (TPSA) is 57.0 Å². The molecule has 0 saturated carbocycles. The van der Waals surface area contributed by atoms with Crippen molar-refractivity contribution in [1.29, 1.82) is 0 Å². The summed E-state index contributed by atoms with van der Waals surface area (Å²) >= 11 is 7.33. The van der Waals surface area contributed by atoms with Gasteiger partial charge in [0.1, 0.15) is 5.75 Å². The fraction of sp³-hybridized carbons (Fsp3) is 0.211. The molecule has 0 aliphatic heterocycles. The van der Waals surface area contributed by atoms with Crippen LogP contribution < -0.4 is 4.74 Å². The molecule has 0 radical (unpaired) electrons. The maximum absolute atomic E-state index is 12.5. The quantitative estimate of drug-likeness (QED) is 0.438. The molecule has 0 aliphatic rings. The van der Waals surface area contributed by atoms with E-state index in [9.17, 15) is 4.79 Å². The highest BCUT2D eigenvalue weighted by atomic mass is 35.5. The first-order chi connectivity index (χ1) is 12.6. The van der Waals surface area contributed by atoms with Crippen molar-refractivity contribution in [2.24, 2.45) is 0 Å². The van der Waals surface area contributed by atoms with Crippen molar-refractivity contribution < 1.29 is 9.53 Å². The normalized spacial score (nSPS) is 10.7. The maximum atomic E-state index is 12.5. The average Bonchev–Trinajstić information content (AvgIpc) is 3.09. The summed E-state index contributed by atoms with van der Waals surface area (Å²) in [6.07, 6.45) is 0. The van der Waals surface area contributed by atoms with Crippen LogP contribution in [0.15, 0.2) is 53.7 Å². The van der Waals surface area contributed by atoms with Gasteiger partial charge in [-0.05, 0) is 43.3 Å². The van der Waals surface area contributed by atoms with Gasteiger partial charge in [-0.1, -0.05) is 35.5 Å². The molecule has 134 valence electrons. The lowest BCUT2D eigenvalue weighted by Gasteiger charge is -2.07. The summed E-state index contributed by atoms with van der Waals surface area (Å²) in [4.78, 5) is 12.5. The SMILES string of the molecule is CCn1c(SCC(=O)c2cccc(OC)c2)nnc1-c1ccc(Cl)cc1. The zero-order valence-electron chi connectivity index (χ0n) is 14.5. The van der Waals surface area contributed by atoms with Gasteiger partial charge in [-0.3, -0.25) is 4.79 Å². The van der Waals surface area contributed by atoms with Crippen molar-refractivity contribution in [3.8, 4) is 17.1 Å². The van der Waals surface area contributed by atoms with Crippen molar-refractivity contribution in [3.63, 3.8) is 0 Å². The molecule has 0 fully saturated rings. The molecule has 0 amide bonds. The van der Waals surface area contributed by atoms with E-state index in [4.69, 9.17) is 16.3 Å². The van der Waals surface area contributed by atoms with Crippen LogP contribution >= 0.6 is 23.4 Å². The van der Waals surface area contributed by atoms with Gasteiger partial charge in [0.05, 0.1) is 12.9 Å². The van der Waals surface area contributed by atoms with E-state index >= 15 is 0 Å². The second-order valence-electron chi connectivity index (χ2n) is 5.50. The number of rotatable bonds is 7. The number of ketones is 1. The first-order valence-corrected chi connectivity index (χ1v) is 9.48. The number of nitrogens with zero attached hydrogens (tertiary/aromatic N) is 3. The molecule has 0 bridgehead atoms. The van der Waals surface area contributed by atoms with Gasteiger partial charge in [-0.15, -0.1) is 10.2 Å². The monoisotopic (exact) mass is 387 g/mol. The van der Waals surface area contributed by atoms with E-state index in [1.165, 1.54) is 11.8 Å². The molecular weight excluding hydrogens is 370 g/mol. The summed E-state index contributed by atoms with van der Waals surface area (Å²) in [7, 11) is 1.58. The summed E-state index contributed by atoms with van der Waals surface area (Å²) in [6, 6.07) is 14.6. The van der Waals surface area contributed by atoms with Gasteiger partial charge in [0.2, 0.25) is 0 Å². The number of halogens is 1. The molecule has 0 spiro atoms. The van der Waals surface area contributed by atoms with Crippen LogP contribution in [0, 0.1) is 0 Å². The van der Waals surface area contributed by atoms with Crippen LogP contribution in [0.3, 0.4) is 0 Å². The number of carbonyl (C=O) groups is 1. The van der Waals surface area contributed by atoms with Crippen molar-refractivity contribution in [3.05, 3.63) is 59.1 Å². The minimum absolute atomic E-state index is 0.0209. The van der Waals surface area contributed by atoms with Crippen LogP contribution in [0.4, 0.5) is 0 Å². The smallest absolute Gasteiger partial charge is 0.191 e. The van der Waals surface area contributed by atoms with Crippen molar-refractivity contribution >= 4 is 29.1 Å². The number of ether oxygens (including phenoxy) is 1. The third kappa shape index (κ3) is 4.08. The number of carbonyl (C=O) groups excluding carboxylic acids is 1. The number of aromatic nitrogens is 3. The Morgan fingerprint density at radius 2 is 1.96 bits per heavy atom. The summed E-state index contributed by atoms with van der Waals surface area (Å²) in [5.74, 6) is 1.74. The van der Waals surface area contributed by atoms with Gasteiger partial charge >= 0.3 is 0 Å². The summed E-state index contributed by atoms with van der Waals surface area (Å²) in [6.45, 7) is 2.73. The zero-order valence-corrected chi connectivity index (χ0v) is 16.0. The van der Waals surface area contributed by atoms with Crippen LogP contribution in [-0.4, -0.2) is 33.4 Å². The Balaban J connectivity index is 1.76. The highest BCUT2D eigenvalue weighted by Gasteiger charge is 2.15. The predicted molar refractivity (Wildman–Crippen MR) is 104 cm³/mol. The lowest BCUT2D eigenvalue weighted by Crippen LogP contribution is -2.05. The van der Waals surface area contributed by atoms with Gasteiger partial charge in [0, 0.05) is 22.7 Å². The molecule has 0 unspecified atom stereocenters. The van der Waals surface area contributed by atoms with Crippen LogP contribution in [-0.2, 0) is 6.54 Å². The minimum atomic E-state index is 0.0209. The number of hydrogen-bond donors (Lipinski definition) is 0. The fourth-order valence-electron chi connectivity index (χ4n) is 2.50. The van der Waals surface area contributed by atoms with E-state index in [0.717, 1.165) is 11.4 Å². The van der Waals surface area contributed by atoms with E-state index < -0.39 is 0 Å². The van der Waals surface area contributed by atoms with Gasteiger partial charge < -0.3 is 9.30 Å². The largest absolute Gasteiger partial charge is 0.497 e. The first kappa shape index (κ1) is 18.5. The second-order valence-corrected chi connectivity index (χ2v) is 6.88. The van der Waals surface area contributed by atoms with Gasteiger partial charge in [0.15, 0.2) is 16.8 Å². The minimum Gasteiger partial charge on any atom is -0.497 e. The molecule has 0 N–H and O–H groups in total. The lowest BCUT2D eigenvalue weighted by atomic mass is 10.1. The maximum Gasteiger partial charge on any atom is 0.191 e. The Kier molecular flexibility index (Phi) is 5.96. The third-order valence-corrected chi connectivity index (χ3v) is 5.08. The Bertz CT molecular complexity index is 909. The predicted octanol–water partition coefficient (Wildman–Crippen LogP) is 4.60. The average molecular weight is 388 g/mol. The Morgan fingerprint density at radius 3 is 2.65 bits per heavy atom. The van der Waals surface area contributed by atoms with Crippen LogP contribution in [0.1, 0.15) is 17.3 Å². The molecule has 1 heterocycles. The van der Waals surface area contributed by atoms with Crippen LogP contribution in [0.5, 0.6) is 5.75 Å². The molecule has 3 aromatic rings. The molecule has 0 aliphatic carbocycles. The van der Waals surface area contributed by atoms with Gasteiger partial charge in [-0.25, -0.2) is 0 Å². The molecule has 26 heavy (non-hydrogen) atoms. The number of thioether (sulfide) groups is 1. The van der Waals surface area contributed by atoms with Crippen LogP contribution in [0.25, 0.3) is 11.4 Å². The van der Waals surface area contributed by atoms with Crippen LogP contribution in [0.2, 0.25) is 5.02 Å². The summed E-state index contributed by atoms with van der Waals surface area (Å²) in [5, 5.41) is 9.93. The van der Waals surface area contributed by atoms with Crippen molar-refractivity contribution in [2.75, 3.05) is 12.9 Å². The van der Waals surface area contributed by atoms with Crippen molar-refractivity contribution in [2.45, 2.75) is 18.6 Å². The van der Waals surface area contributed by atoms with E-state index in [1.807, 2.05) is 47.9 Å². The summed E-state index contributed by atoms with van der Waals surface area (Å²) < 4.78 is 7.16. The molecule has 0 atom stereocenters. The molecule has 5 nitrogen and oxygen atoms in total. The van der Waals surface area contributed by atoms with Gasteiger partial charge in [-0.2, -0.15) is 0 Å². The molecule has 1 aromatic heterocycles.